The van der Waals surface area contributed by atoms with E-state index in [-0.39, 0.29) is 17.7 Å². The maximum Gasteiger partial charge on any atom is 0.138 e. The van der Waals surface area contributed by atoms with Crippen LogP contribution in [-0.4, -0.2) is 23.8 Å². The van der Waals surface area contributed by atoms with Crippen LogP contribution in [0.3, 0.4) is 0 Å². The predicted octanol–water partition coefficient (Wildman–Crippen LogP) is 2.58. The summed E-state index contributed by atoms with van der Waals surface area (Å²) in [7, 11) is 1.72. The average molecular weight is 281 g/mol. The van der Waals surface area contributed by atoms with Gasteiger partial charge in [-0.15, -0.1) is 0 Å². The van der Waals surface area contributed by atoms with Crippen molar-refractivity contribution in [2.75, 3.05) is 7.11 Å². The van der Waals surface area contributed by atoms with Crippen LogP contribution in [0.25, 0.3) is 0 Å². The summed E-state index contributed by atoms with van der Waals surface area (Å²) in [4.78, 5) is 4.25. The van der Waals surface area contributed by atoms with Crippen molar-refractivity contribution in [1.82, 2.24) is 10.4 Å². The Morgan fingerprint density at radius 1 is 1.30 bits per heavy atom. The second kappa shape index (κ2) is 7.57. The largest absolute Gasteiger partial charge is 0.489 e. The van der Waals surface area contributed by atoms with Gasteiger partial charge in [-0.25, -0.2) is 0 Å². The lowest BCUT2D eigenvalue weighted by molar-refractivity contribution is -0.0488. The standard InChI is InChI=1S/C15H27N3O2/c1-6-15(7-2,19-5)14(18-16)12-8-13(10-17-9-12)20-11(3)4/h8-11,14,18H,6-7,16H2,1-5H3. The molecule has 1 rings (SSSR count). The summed E-state index contributed by atoms with van der Waals surface area (Å²) in [6.07, 6.45) is 5.33. The first-order valence-corrected chi connectivity index (χ1v) is 7.15. The number of pyridine rings is 1. The molecule has 0 aliphatic heterocycles. The maximum atomic E-state index is 5.77. The first-order valence-electron chi connectivity index (χ1n) is 7.15. The molecule has 114 valence electrons. The van der Waals surface area contributed by atoms with Gasteiger partial charge in [0.1, 0.15) is 5.75 Å². The maximum absolute atomic E-state index is 5.77. The van der Waals surface area contributed by atoms with Gasteiger partial charge >= 0.3 is 0 Å². The Kier molecular flexibility index (Phi) is 6.39. The normalized spacial score (nSPS) is 13.6. The van der Waals surface area contributed by atoms with E-state index in [1.54, 1.807) is 19.5 Å². The Morgan fingerprint density at radius 3 is 2.40 bits per heavy atom. The summed E-state index contributed by atoms with van der Waals surface area (Å²) in [5.41, 5.74) is 3.49. The highest BCUT2D eigenvalue weighted by Gasteiger charge is 2.36. The van der Waals surface area contributed by atoms with Gasteiger partial charge in [-0.2, -0.15) is 0 Å². The van der Waals surface area contributed by atoms with E-state index >= 15 is 0 Å². The van der Waals surface area contributed by atoms with Gasteiger partial charge in [0.05, 0.1) is 23.9 Å². The number of rotatable bonds is 8. The molecule has 0 aliphatic carbocycles. The SMILES string of the molecule is CCC(CC)(OC)C(NN)c1cncc(OC(C)C)c1. The van der Waals surface area contributed by atoms with Crippen LogP contribution in [0, 0.1) is 0 Å². The molecule has 1 unspecified atom stereocenters. The number of aromatic nitrogens is 1. The number of hydrazine groups is 1. The zero-order valence-electron chi connectivity index (χ0n) is 13.1. The van der Waals surface area contributed by atoms with Crippen LogP contribution < -0.4 is 16.0 Å². The number of nitrogens with one attached hydrogen (secondary N) is 1. The molecule has 0 saturated heterocycles. The van der Waals surface area contributed by atoms with E-state index in [4.69, 9.17) is 15.3 Å². The fourth-order valence-corrected chi connectivity index (χ4v) is 2.55. The fraction of sp³-hybridized carbons (Fsp3) is 0.667. The van der Waals surface area contributed by atoms with Gasteiger partial charge in [0.2, 0.25) is 0 Å². The lowest BCUT2D eigenvalue weighted by atomic mass is 9.84. The molecule has 0 fully saturated rings. The molecule has 0 bridgehead atoms. The molecule has 0 aliphatic rings. The zero-order chi connectivity index (χ0) is 15.2. The van der Waals surface area contributed by atoms with Crippen molar-refractivity contribution in [3.8, 4) is 5.75 Å². The number of hydrogen-bond donors (Lipinski definition) is 2. The lowest BCUT2D eigenvalue weighted by Gasteiger charge is -2.38. The second-order valence-corrected chi connectivity index (χ2v) is 5.20. The molecule has 1 aromatic heterocycles. The smallest absolute Gasteiger partial charge is 0.138 e. The summed E-state index contributed by atoms with van der Waals surface area (Å²) < 4.78 is 11.4. The monoisotopic (exact) mass is 281 g/mol. The average Bonchev–Trinajstić information content (AvgIpc) is 2.44. The van der Waals surface area contributed by atoms with Crippen molar-refractivity contribution in [3.05, 3.63) is 24.0 Å². The molecule has 0 amide bonds. The Morgan fingerprint density at radius 2 is 1.95 bits per heavy atom. The van der Waals surface area contributed by atoms with E-state index < -0.39 is 0 Å². The number of nitrogens with two attached hydrogens (primary N) is 1. The minimum absolute atomic E-state index is 0.112. The highest BCUT2D eigenvalue weighted by Crippen LogP contribution is 2.35. The Balaban J connectivity index is 3.11. The van der Waals surface area contributed by atoms with Crippen LogP contribution in [0.4, 0.5) is 0 Å². The van der Waals surface area contributed by atoms with Gasteiger partial charge in [-0.1, -0.05) is 13.8 Å². The molecule has 0 saturated carbocycles. The highest BCUT2D eigenvalue weighted by molar-refractivity contribution is 5.28. The summed E-state index contributed by atoms with van der Waals surface area (Å²) in [5.74, 6) is 6.52. The van der Waals surface area contributed by atoms with E-state index in [1.165, 1.54) is 0 Å². The molecule has 5 heteroatoms. The zero-order valence-corrected chi connectivity index (χ0v) is 13.1. The van der Waals surface area contributed by atoms with Gasteiger partial charge < -0.3 is 9.47 Å². The summed E-state index contributed by atoms with van der Waals surface area (Å²) in [5, 5.41) is 0. The summed E-state index contributed by atoms with van der Waals surface area (Å²) in [6.45, 7) is 8.17. The fourth-order valence-electron chi connectivity index (χ4n) is 2.55. The van der Waals surface area contributed by atoms with Crippen LogP contribution in [-0.2, 0) is 4.74 Å². The predicted molar refractivity (Wildman–Crippen MR) is 80.4 cm³/mol. The highest BCUT2D eigenvalue weighted by atomic mass is 16.5. The van der Waals surface area contributed by atoms with Crippen LogP contribution >= 0.6 is 0 Å². The Bertz CT molecular complexity index is 398. The van der Waals surface area contributed by atoms with Crippen LogP contribution in [0.2, 0.25) is 0 Å². The van der Waals surface area contributed by atoms with Crippen molar-refractivity contribution in [2.24, 2.45) is 5.84 Å². The van der Waals surface area contributed by atoms with E-state index in [1.807, 2.05) is 19.9 Å². The van der Waals surface area contributed by atoms with Gasteiger partial charge in [0.25, 0.3) is 0 Å². The van der Waals surface area contributed by atoms with E-state index in [0.29, 0.717) is 0 Å². The van der Waals surface area contributed by atoms with Crippen LogP contribution in [0.5, 0.6) is 5.75 Å². The lowest BCUT2D eigenvalue weighted by Crippen LogP contribution is -2.47. The first-order chi connectivity index (χ1) is 9.52. The second-order valence-electron chi connectivity index (χ2n) is 5.20. The molecule has 1 atom stereocenters. The third kappa shape index (κ3) is 3.69. The minimum atomic E-state index is -0.354. The van der Waals surface area contributed by atoms with E-state index in [2.05, 4.69) is 24.3 Å². The van der Waals surface area contributed by atoms with Crippen molar-refractivity contribution in [1.29, 1.82) is 0 Å². The van der Waals surface area contributed by atoms with E-state index in [9.17, 15) is 0 Å². The van der Waals surface area contributed by atoms with Crippen molar-refractivity contribution in [3.63, 3.8) is 0 Å². The minimum Gasteiger partial charge on any atom is -0.489 e. The van der Waals surface area contributed by atoms with Gasteiger partial charge in [0, 0.05) is 13.3 Å². The van der Waals surface area contributed by atoms with Crippen molar-refractivity contribution in [2.45, 2.75) is 58.3 Å². The molecule has 0 aromatic carbocycles. The summed E-state index contributed by atoms with van der Waals surface area (Å²) >= 11 is 0. The Hall–Kier alpha value is -1.17. The molecular formula is C15H27N3O2. The van der Waals surface area contributed by atoms with Gasteiger partial charge in [0.15, 0.2) is 0 Å². The molecular weight excluding hydrogens is 254 g/mol. The molecule has 20 heavy (non-hydrogen) atoms. The van der Waals surface area contributed by atoms with E-state index in [0.717, 1.165) is 24.2 Å². The van der Waals surface area contributed by atoms with Crippen LogP contribution in [0.15, 0.2) is 18.5 Å². The van der Waals surface area contributed by atoms with Gasteiger partial charge in [-0.3, -0.25) is 16.3 Å². The number of hydrogen-bond acceptors (Lipinski definition) is 5. The first kappa shape index (κ1) is 16.9. The third-order valence-electron chi connectivity index (χ3n) is 3.74. The molecule has 0 spiro atoms. The van der Waals surface area contributed by atoms with Crippen molar-refractivity contribution < 1.29 is 9.47 Å². The number of ether oxygens (including phenoxy) is 2. The molecule has 1 aromatic rings. The molecule has 5 nitrogen and oxygen atoms in total. The number of methoxy groups -OCH3 is 1. The molecule has 3 N–H and O–H groups in total. The quantitative estimate of drug-likeness (QED) is 0.566. The Labute approximate surface area is 121 Å². The van der Waals surface area contributed by atoms with Crippen LogP contribution in [0.1, 0.15) is 52.1 Å². The molecule has 1 heterocycles. The summed E-state index contributed by atoms with van der Waals surface area (Å²) in [6, 6.07) is 1.84. The third-order valence-corrected chi connectivity index (χ3v) is 3.74. The topological polar surface area (TPSA) is 69.4 Å². The van der Waals surface area contributed by atoms with Crippen molar-refractivity contribution >= 4 is 0 Å². The van der Waals surface area contributed by atoms with Gasteiger partial charge in [-0.05, 0) is 38.3 Å². The number of nitrogens with zero attached hydrogens (tertiary/aromatic N) is 1. The molecule has 0 radical (unpaired) electrons.